The van der Waals surface area contributed by atoms with Gasteiger partial charge < -0.3 is 5.32 Å². The van der Waals surface area contributed by atoms with E-state index in [1.165, 1.54) is 11.3 Å². The number of hydrogen-bond acceptors (Lipinski definition) is 3. The molecule has 4 heteroatoms. The summed E-state index contributed by atoms with van der Waals surface area (Å²) in [6, 6.07) is 9.98. The predicted molar refractivity (Wildman–Crippen MR) is 73.5 cm³/mol. The summed E-state index contributed by atoms with van der Waals surface area (Å²) in [7, 11) is 0. The number of amides is 1. The highest BCUT2D eigenvalue weighted by molar-refractivity contribution is 7.14. The molecule has 2 atom stereocenters. The molecule has 2 aromatic rings. The van der Waals surface area contributed by atoms with E-state index in [0.29, 0.717) is 11.0 Å². The molecule has 0 bridgehead atoms. The van der Waals surface area contributed by atoms with Crippen LogP contribution in [0.4, 0.5) is 5.13 Å². The first kappa shape index (κ1) is 11.4. The van der Waals surface area contributed by atoms with Crippen LogP contribution in [0.15, 0.2) is 35.7 Å². The molecule has 18 heavy (non-hydrogen) atoms. The van der Waals surface area contributed by atoms with Crippen molar-refractivity contribution in [3.63, 3.8) is 0 Å². The largest absolute Gasteiger partial charge is 0.302 e. The third kappa shape index (κ3) is 2.29. The number of anilines is 1. The lowest BCUT2D eigenvalue weighted by atomic mass is 10.2. The van der Waals surface area contributed by atoms with Crippen molar-refractivity contribution < 1.29 is 4.79 Å². The van der Waals surface area contributed by atoms with E-state index in [9.17, 15) is 4.79 Å². The SMILES string of the molecule is C[C@@H]1C[C@@H]1C(=O)Nc1nc(-c2ccccc2)cs1. The van der Waals surface area contributed by atoms with E-state index in [1.807, 2.05) is 35.7 Å². The molecule has 1 heterocycles. The summed E-state index contributed by atoms with van der Waals surface area (Å²) in [6.07, 6.45) is 1.00. The molecule has 1 saturated carbocycles. The quantitative estimate of drug-likeness (QED) is 0.916. The Morgan fingerprint density at radius 2 is 2.11 bits per heavy atom. The summed E-state index contributed by atoms with van der Waals surface area (Å²) in [5, 5.41) is 5.56. The van der Waals surface area contributed by atoms with Gasteiger partial charge in [-0.2, -0.15) is 0 Å². The van der Waals surface area contributed by atoms with Crippen LogP contribution in [0.2, 0.25) is 0 Å². The van der Waals surface area contributed by atoms with E-state index in [4.69, 9.17) is 0 Å². The molecule has 1 aliphatic rings. The number of carbonyl (C=O) groups is 1. The fourth-order valence-electron chi connectivity index (χ4n) is 1.96. The molecule has 1 aromatic heterocycles. The summed E-state index contributed by atoms with van der Waals surface area (Å²) >= 11 is 1.48. The summed E-state index contributed by atoms with van der Waals surface area (Å²) < 4.78 is 0. The average molecular weight is 258 g/mol. The topological polar surface area (TPSA) is 42.0 Å². The van der Waals surface area contributed by atoms with E-state index in [0.717, 1.165) is 17.7 Å². The minimum absolute atomic E-state index is 0.108. The molecule has 1 aromatic carbocycles. The number of aromatic nitrogens is 1. The van der Waals surface area contributed by atoms with E-state index in [1.54, 1.807) is 0 Å². The molecule has 92 valence electrons. The number of nitrogens with zero attached hydrogens (tertiary/aromatic N) is 1. The van der Waals surface area contributed by atoms with Crippen LogP contribution >= 0.6 is 11.3 Å². The normalized spacial score (nSPS) is 21.6. The van der Waals surface area contributed by atoms with E-state index < -0.39 is 0 Å². The second-order valence-electron chi connectivity index (χ2n) is 4.71. The minimum atomic E-state index is 0.108. The van der Waals surface area contributed by atoms with Gasteiger partial charge in [0.2, 0.25) is 5.91 Å². The third-order valence-electron chi connectivity index (χ3n) is 3.25. The van der Waals surface area contributed by atoms with Gasteiger partial charge >= 0.3 is 0 Å². The van der Waals surface area contributed by atoms with Crippen LogP contribution in [0.25, 0.3) is 11.3 Å². The Morgan fingerprint density at radius 1 is 1.39 bits per heavy atom. The lowest BCUT2D eigenvalue weighted by Gasteiger charge is -1.99. The van der Waals surface area contributed by atoms with Gasteiger partial charge in [0.25, 0.3) is 0 Å². The Kier molecular flexibility index (Phi) is 2.88. The summed E-state index contributed by atoms with van der Waals surface area (Å²) in [6.45, 7) is 2.10. The zero-order valence-electron chi connectivity index (χ0n) is 10.1. The smallest absolute Gasteiger partial charge is 0.229 e. The zero-order chi connectivity index (χ0) is 12.5. The molecule has 1 N–H and O–H groups in total. The van der Waals surface area contributed by atoms with Crippen molar-refractivity contribution in [2.24, 2.45) is 11.8 Å². The third-order valence-corrected chi connectivity index (χ3v) is 4.01. The second kappa shape index (κ2) is 4.53. The Morgan fingerprint density at radius 3 is 2.78 bits per heavy atom. The van der Waals surface area contributed by atoms with Gasteiger partial charge in [0.15, 0.2) is 5.13 Å². The molecule has 0 unspecified atom stereocenters. The van der Waals surface area contributed by atoms with Crippen LogP contribution in [-0.4, -0.2) is 10.9 Å². The van der Waals surface area contributed by atoms with Crippen LogP contribution in [-0.2, 0) is 4.79 Å². The molecule has 0 aliphatic heterocycles. The van der Waals surface area contributed by atoms with Crippen LogP contribution in [0.3, 0.4) is 0 Å². The fourth-order valence-corrected chi connectivity index (χ4v) is 2.68. The number of nitrogens with one attached hydrogen (secondary N) is 1. The fraction of sp³-hybridized carbons (Fsp3) is 0.286. The van der Waals surface area contributed by atoms with E-state index >= 15 is 0 Å². The van der Waals surface area contributed by atoms with Crippen molar-refractivity contribution in [3.8, 4) is 11.3 Å². The van der Waals surface area contributed by atoms with Crippen molar-refractivity contribution in [2.45, 2.75) is 13.3 Å². The summed E-state index contributed by atoms with van der Waals surface area (Å²) in [5.41, 5.74) is 1.99. The maximum atomic E-state index is 11.8. The predicted octanol–water partition coefficient (Wildman–Crippen LogP) is 3.40. The molecule has 0 spiro atoms. The maximum Gasteiger partial charge on any atom is 0.229 e. The van der Waals surface area contributed by atoms with Gasteiger partial charge in [-0.05, 0) is 12.3 Å². The van der Waals surface area contributed by atoms with Gasteiger partial charge in [0.1, 0.15) is 0 Å². The monoisotopic (exact) mass is 258 g/mol. The molecule has 0 saturated heterocycles. The van der Waals surface area contributed by atoms with E-state index in [2.05, 4.69) is 17.2 Å². The molecular formula is C14H14N2OS. The lowest BCUT2D eigenvalue weighted by Crippen LogP contribution is -2.14. The average Bonchev–Trinajstić information content (AvgIpc) is 2.95. The van der Waals surface area contributed by atoms with Crippen molar-refractivity contribution in [2.75, 3.05) is 5.32 Å². The number of hydrogen-bond donors (Lipinski definition) is 1. The van der Waals surface area contributed by atoms with Crippen molar-refractivity contribution >= 4 is 22.4 Å². The van der Waals surface area contributed by atoms with Crippen molar-refractivity contribution in [1.82, 2.24) is 4.98 Å². The van der Waals surface area contributed by atoms with Gasteiger partial charge in [0.05, 0.1) is 5.69 Å². The van der Waals surface area contributed by atoms with Crippen LogP contribution in [0.1, 0.15) is 13.3 Å². The molecule has 0 radical (unpaired) electrons. The first-order valence-electron chi connectivity index (χ1n) is 6.06. The highest BCUT2D eigenvalue weighted by Crippen LogP contribution is 2.38. The Bertz CT molecular complexity index is 564. The number of thiazole rings is 1. The molecule has 1 fully saturated rings. The number of benzene rings is 1. The second-order valence-corrected chi connectivity index (χ2v) is 5.57. The Labute approximate surface area is 110 Å². The maximum absolute atomic E-state index is 11.8. The highest BCUT2D eigenvalue weighted by Gasteiger charge is 2.39. The van der Waals surface area contributed by atoms with Crippen molar-refractivity contribution in [3.05, 3.63) is 35.7 Å². The van der Waals surface area contributed by atoms with Crippen LogP contribution in [0.5, 0.6) is 0 Å². The first-order valence-corrected chi connectivity index (χ1v) is 6.94. The molecule has 3 nitrogen and oxygen atoms in total. The first-order chi connectivity index (χ1) is 8.74. The molecular weight excluding hydrogens is 244 g/mol. The van der Waals surface area contributed by atoms with Gasteiger partial charge in [-0.25, -0.2) is 4.98 Å². The lowest BCUT2D eigenvalue weighted by molar-refractivity contribution is -0.117. The zero-order valence-corrected chi connectivity index (χ0v) is 10.9. The molecule has 1 amide bonds. The Balaban J connectivity index is 1.72. The van der Waals surface area contributed by atoms with Gasteiger partial charge in [-0.15, -0.1) is 11.3 Å². The molecule has 3 rings (SSSR count). The molecule has 1 aliphatic carbocycles. The summed E-state index contributed by atoms with van der Waals surface area (Å²) in [4.78, 5) is 16.2. The van der Waals surface area contributed by atoms with Gasteiger partial charge in [0, 0.05) is 16.9 Å². The number of rotatable bonds is 3. The van der Waals surface area contributed by atoms with Crippen LogP contribution in [0, 0.1) is 11.8 Å². The van der Waals surface area contributed by atoms with Crippen molar-refractivity contribution in [1.29, 1.82) is 0 Å². The Hall–Kier alpha value is -1.68. The van der Waals surface area contributed by atoms with Gasteiger partial charge in [-0.3, -0.25) is 4.79 Å². The summed E-state index contributed by atoms with van der Waals surface area (Å²) in [5.74, 6) is 0.823. The minimum Gasteiger partial charge on any atom is -0.302 e. The van der Waals surface area contributed by atoms with Gasteiger partial charge in [-0.1, -0.05) is 37.3 Å². The standard InChI is InChI=1S/C14H14N2OS/c1-9-7-11(9)13(17)16-14-15-12(8-18-14)10-5-3-2-4-6-10/h2-6,8-9,11H,7H2,1H3,(H,15,16,17)/t9-,11+/m1/s1. The number of carbonyl (C=O) groups excluding carboxylic acids is 1. The van der Waals surface area contributed by atoms with Crippen LogP contribution < -0.4 is 5.32 Å². The highest BCUT2D eigenvalue weighted by atomic mass is 32.1. The van der Waals surface area contributed by atoms with E-state index in [-0.39, 0.29) is 11.8 Å².